The second kappa shape index (κ2) is 2.80. The highest BCUT2D eigenvalue weighted by Crippen LogP contribution is 1.91. The molecule has 9 heavy (non-hydrogen) atoms. The lowest BCUT2D eigenvalue weighted by Gasteiger charge is -1.95. The molecule has 0 aliphatic heterocycles. The Hall–Kier alpha value is -0.603. The van der Waals surface area contributed by atoms with Crippen LogP contribution in [0.25, 0.3) is 0 Å². The molecule has 1 aromatic carbocycles. The van der Waals surface area contributed by atoms with E-state index in [1.165, 1.54) is 0 Å². The van der Waals surface area contributed by atoms with Crippen LogP contribution in [-0.2, 0) is 6.54 Å². The standard InChI is InChI=1S/C7H8NSi/c8-5-6-2-1-3-7(9)4-6/h1-4H,5,8H2. The summed E-state index contributed by atoms with van der Waals surface area (Å²) in [7, 11) is 3.39. The van der Waals surface area contributed by atoms with Gasteiger partial charge in [0.05, 0.1) is 10.2 Å². The molecule has 0 fully saturated rings. The second-order valence-corrected chi connectivity index (χ2v) is 2.48. The van der Waals surface area contributed by atoms with Gasteiger partial charge in [-0.1, -0.05) is 29.5 Å². The van der Waals surface area contributed by atoms with Gasteiger partial charge in [0.2, 0.25) is 0 Å². The number of hydrogen-bond donors (Lipinski definition) is 1. The maximum Gasteiger partial charge on any atom is 0.0711 e. The molecule has 1 aromatic rings. The fourth-order valence-corrected chi connectivity index (χ4v) is 0.980. The second-order valence-electron chi connectivity index (χ2n) is 1.90. The van der Waals surface area contributed by atoms with Gasteiger partial charge in [0.15, 0.2) is 0 Å². The van der Waals surface area contributed by atoms with Crippen LogP contribution in [0, 0.1) is 0 Å². The van der Waals surface area contributed by atoms with E-state index in [0.717, 1.165) is 10.8 Å². The van der Waals surface area contributed by atoms with E-state index in [-0.39, 0.29) is 0 Å². The van der Waals surface area contributed by atoms with Gasteiger partial charge < -0.3 is 5.73 Å². The van der Waals surface area contributed by atoms with Crippen LogP contribution in [0.3, 0.4) is 0 Å². The van der Waals surface area contributed by atoms with E-state index >= 15 is 0 Å². The first kappa shape index (κ1) is 6.52. The van der Waals surface area contributed by atoms with Crippen molar-refractivity contribution < 1.29 is 0 Å². The molecule has 1 nitrogen and oxygen atoms in total. The van der Waals surface area contributed by atoms with Crippen LogP contribution in [0.5, 0.6) is 0 Å². The fraction of sp³-hybridized carbons (Fsp3) is 0.143. The first-order chi connectivity index (χ1) is 4.33. The van der Waals surface area contributed by atoms with E-state index in [1.807, 2.05) is 24.3 Å². The third-order valence-electron chi connectivity index (χ3n) is 1.16. The van der Waals surface area contributed by atoms with Gasteiger partial charge in [-0.05, 0) is 5.56 Å². The zero-order valence-electron chi connectivity index (χ0n) is 5.09. The van der Waals surface area contributed by atoms with Gasteiger partial charge in [-0.15, -0.1) is 0 Å². The SMILES string of the molecule is NCc1cccc([Si])c1. The number of hydrogen-bond acceptors (Lipinski definition) is 1. The van der Waals surface area contributed by atoms with Crippen molar-refractivity contribution in [1.29, 1.82) is 0 Å². The largest absolute Gasteiger partial charge is 0.326 e. The quantitative estimate of drug-likeness (QED) is 0.535. The van der Waals surface area contributed by atoms with Crippen LogP contribution in [0.2, 0.25) is 0 Å². The normalized spacial score (nSPS) is 9.56. The Morgan fingerprint density at radius 1 is 1.44 bits per heavy atom. The molecule has 0 spiro atoms. The van der Waals surface area contributed by atoms with Gasteiger partial charge in [0.1, 0.15) is 0 Å². The number of rotatable bonds is 1. The van der Waals surface area contributed by atoms with Crippen LogP contribution in [0.4, 0.5) is 0 Å². The van der Waals surface area contributed by atoms with Crippen molar-refractivity contribution in [3.05, 3.63) is 29.8 Å². The van der Waals surface area contributed by atoms with Crippen LogP contribution >= 0.6 is 0 Å². The molecule has 0 aromatic heterocycles. The lowest BCUT2D eigenvalue weighted by Crippen LogP contribution is -2.05. The molecule has 2 N–H and O–H groups in total. The van der Waals surface area contributed by atoms with Gasteiger partial charge >= 0.3 is 0 Å². The first-order valence-electron chi connectivity index (χ1n) is 2.83. The lowest BCUT2D eigenvalue weighted by molar-refractivity contribution is 1.07. The average Bonchev–Trinajstić information content (AvgIpc) is 1.88. The first-order valence-corrected chi connectivity index (χ1v) is 3.33. The Morgan fingerprint density at radius 2 is 2.22 bits per heavy atom. The topological polar surface area (TPSA) is 26.0 Å². The maximum atomic E-state index is 5.40. The van der Waals surface area contributed by atoms with E-state index in [0.29, 0.717) is 6.54 Å². The molecular weight excluding hydrogens is 126 g/mol. The summed E-state index contributed by atoms with van der Waals surface area (Å²) in [6.07, 6.45) is 0. The van der Waals surface area contributed by atoms with E-state index in [4.69, 9.17) is 5.73 Å². The van der Waals surface area contributed by atoms with Crippen LogP contribution in [0.15, 0.2) is 24.3 Å². The van der Waals surface area contributed by atoms with Crippen molar-refractivity contribution in [3.8, 4) is 0 Å². The predicted octanol–water partition coefficient (Wildman–Crippen LogP) is -0.0609. The third kappa shape index (κ3) is 1.66. The molecule has 0 amide bonds. The molecule has 3 radical (unpaired) electrons. The Morgan fingerprint density at radius 3 is 2.67 bits per heavy atom. The Labute approximate surface area is 58.3 Å². The predicted molar refractivity (Wildman–Crippen MR) is 39.7 cm³/mol. The smallest absolute Gasteiger partial charge is 0.0711 e. The molecule has 45 valence electrons. The molecular formula is C7H8NSi. The van der Waals surface area contributed by atoms with Gasteiger partial charge in [0, 0.05) is 6.54 Å². The molecule has 1 rings (SSSR count). The van der Waals surface area contributed by atoms with Gasteiger partial charge in [-0.2, -0.15) is 0 Å². The van der Waals surface area contributed by atoms with E-state index in [1.54, 1.807) is 0 Å². The van der Waals surface area contributed by atoms with E-state index in [9.17, 15) is 0 Å². The number of nitrogens with two attached hydrogens (primary N) is 1. The summed E-state index contributed by atoms with van der Waals surface area (Å²) in [6, 6.07) is 7.97. The molecule has 2 heteroatoms. The summed E-state index contributed by atoms with van der Waals surface area (Å²) in [4.78, 5) is 0. The highest BCUT2D eigenvalue weighted by Gasteiger charge is 1.86. The van der Waals surface area contributed by atoms with Crippen molar-refractivity contribution >= 4 is 15.4 Å². The van der Waals surface area contributed by atoms with Crippen LogP contribution in [0.1, 0.15) is 5.56 Å². The molecule has 0 unspecified atom stereocenters. The third-order valence-corrected chi connectivity index (χ3v) is 1.47. The highest BCUT2D eigenvalue weighted by molar-refractivity contribution is 6.32. The van der Waals surface area contributed by atoms with Gasteiger partial charge in [-0.3, -0.25) is 0 Å². The minimum Gasteiger partial charge on any atom is -0.326 e. The summed E-state index contributed by atoms with van der Waals surface area (Å²) < 4.78 is 0. The summed E-state index contributed by atoms with van der Waals surface area (Å²) in [5.41, 5.74) is 6.55. The summed E-state index contributed by atoms with van der Waals surface area (Å²) in [6.45, 7) is 0.609. The van der Waals surface area contributed by atoms with Gasteiger partial charge in [-0.25, -0.2) is 0 Å². The van der Waals surface area contributed by atoms with E-state index in [2.05, 4.69) is 10.2 Å². The summed E-state index contributed by atoms with van der Waals surface area (Å²) >= 11 is 0. The molecule has 0 atom stereocenters. The molecule has 0 bridgehead atoms. The van der Waals surface area contributed by atoms with Gasteiger partial charge in [0.25, 0.3) is 0 Å². The fourth-order valence-electron chi connectivity index (χ4n) is 0.698. The summed E-state index contributed by atoms with van der Waals surface area (Å²) in [5, 5.41) is 1.08. The summed E-state index contributed by atoms with van der Waals surface area (Å²) in [5.74, 6) is 0. The Bertz CT molecular complexity index is 198. The van der Waals surface area contributed by atoms with Crippen molar-refractivity contribution in [3.63, 3.8) is 0 Å². The Balaban J connectivity index is 2.94. The van der Waals surface area contributed by atoms with Crippen molar-refractivity contribution in [1.82, 2.24) is 0 Å². The lowest BCUT2D eigenvalue weighted by atomic mass is 10.2. The molecule has 0 saturated carbocycles. The monoisotopic (exact) mass is 134 g/mol. The maximum absolute atomic E-state index is 5.40. The van der Waals surface area contributed by atoms with Crippen molar-refractivity contribution in [2.45, 2.75) is 6.54 Å². The minimum atomic E-state index is 0.609. The number of benzene rings is 1. The van der Waals surface area contributed by atoms with Crippen LogP contribution in [-0.4, -0.2) is 10.2 Å². The van der Waals surface area contributed by atoms with Crippen molar-refractivity contribution in [2.75, 3.05) is 0 Å². The van der Waals surface area contributed by atoms with Crippen molar-refractivity contribution in [2.24, 2.45) is 5.73 Å². The molecule has 0 aliphatic rings. The average molecular weight is 134 g/mol. The molecule has 0 heterocycles. The molecule has 0 aliphatic carbocycles. The zero-order chi connectivity index (χ0) is 6.69. The Kier molecular flexibility index (Phi) is 2.03. The highest BCUT2D eigenvalue weighted by atomic mass is 28.1. The van der Waals surface area contributed by atoms with E-state index < -0.39 is 0 Å². The molecule has 0 saturated heterocycles. The zero-order valence-corrected chi connectivity index (χ0v) is 6.09. The minimum absolute atomic E-state index is 0.609. The van der Waals surface area contributed by atoms with Crippen LogP contribution < -0.4 is 10.9 Å².